The number of carbonyl (C=O) groups is 1. The molecule has 128 valence electrons. The normalized spacial score (nSPS) is 15.6. The van der Waals surface area contributed by atoms with Crippen LogP contribution in [0.3, 0.4) is 0 Å². The molecule has 1 saturated heterocycles. The van der Waals surface area contributed by atoms with Crippen molar-refractivity contribution in [2.45, 2.75) is 19.0 Å². The molecule has 2 heterocycles. The minimum Gasteiger partial charge on any atom is -0.327 e. The quantitative estimate of drug-likeness (QED) is 0.869. The fourth-order valence-corrected chi connectivity index (χ4v) is 2.82. The molecule has 1 aliphatic heterocycles. The summed E-state index contributed by atoms with van der Waals surface area (Å²) in [5.41, 5.74) is -0.417. The van der Waals surface area contributed by atoms with Crippen molar-refractivity contribution in [3.8, 4) is 5.69 Å². The van der Waals surface area contributed by atoms with Crippen molar-refractivity contribution in [2.24, 2.45) is 0 Å². The largest absolute Gasteiger partial charge is 0.416 e. The van der Waals surface area contributed by atoms with Crippen molar-refractivity contribution in [3.63, 3.8) is 0 Å². The van der Waals surface area contributed by atoms with Gasteiger partial charge in [-0.15, -0.1) is 0 Å². The van der Waals surface area contributed by atoms with E-state index in [1.54, 1.807) is 0 Å². The lowest BCUT2D eigenvalue weighted by Crippen LogP contribution is -3.11. The summed E-state index contributed by atoms with van der Waals surface area (Å²) >= 11 is 0. The van der Waals surface area contributed by atoms with Crippen LogP contribution in [-0.2, 0) is 11.0 Å². The van der Waals surface area contributed by atoms with Crippen LogP contribution in [0.1, 0.15) is 18.4 Å². The lowest BCUT2D eigenvalue weighted by atomic mass is 10.1. The first-order valence-corrected chi connectivity index (χ1v) is 7.63. The molecule has 2 aromatic rings. The molecule has 24 heavy (non-hydrogen) atoms. The number of alkyl halides is 3. The maximum atomic E-state index is 13.0. The molecule has 1 aromatic heterocycles. The molecule has 9 heteroatoms. The lowest BCUT2D eigenvalue weighted by Gasteiger charge is -2.16. The van der Waals surface area contributed by atoms with Crippen molar-refractivity contribution >= 4 is 11.6 Å². The third-order valence-corrected chi connectivity index (χ3v) is 3.98. The first kappa shape index (κ1) is 16.4. The topological polar surface area (TPSA) is 64.2 Å². The first-order chi connectivity index (χ1) is 11.4. The van der Waals surface area contributed by atoms with Gasteiger partial charge in [-0.2, -0.15) is 18.3 Å². The van der Waals surface area contributed by atoms with Gasteiger partial charge in [-0.3, -0.25) is 4.79 Å². The molecule has 3 rings (SSSR count). The molecule has 2 N–H and O–H groups in total. The second-order valence-electron chi connectivity index (χ2n) is 5.75. The average molecular weight is 340 g/mol. The molecule has 0 radical (unpaired) electrons. The molecule has 1 fully saturated rings. The van der Waals surface area contributed by atoms with E-state index in [1.807, 2.05) is 0 Å². The molecule has 0 atom stereocenters. The van der Waals surface area contributed by atoms with Crippen molar-refractivity contribution in [2.75, 3.05) is 25.0 Å². The predicted molar refractivity (Wildman–Crippen MR) is 79.8 cm³/mol. The van der Waals surface area contributed by atoms with Gasteiger partial charge in [0.1, 0.15) is 12.7 Å². The highest BCUT2D eigenvalue weighted by Gasteiger charge is 2.31. The minimum absolute atomic E-state index is 0.0684. The molecule has 0 bridgehead atoms. The average Bonchev–Trinajstić information content (AvgIpc) is 3.19. The third-order valence-electron chi connectivity index (χ3n) is 3.98. The van der Waals surface area contributed by atoms with E-state index in [0.29, 0.717) is 5.69 Å². The molecule has 0 spiro atoms. The number of anilines is 1. The fraction of sp³-hybridized carbons (Fsp3) is 0.400. The Bertz CT molecular complexity index is 708. The number of aromatic nitrogens is 3. The molecule has 6 nitrogen and oxygen atoms in total. The van der Waals surface area contributed by atoms with Crippen molar-refractivity contribution < 1.29 is 22.9 Å². The number of nitrogens with one attached hydrogen (secondary N) is 2. The summed E-state index contributed by atoms with van der Waals surface area (Å²) in [5, 5.41) is 6.51. The van der Waals surface area contributed by atoms with E-state index >= 15 is 0 Å². The van der Waals surface area contributed by atoms with Crippen molar-refractivity contribution in [1.29, 1.82) is 0 Å². The number of halogens is 3. The zero-order valence-corrected chi connectivity index (χ0v) is 12.8. The molecular formula is C15H17F3N5O+. The zero-order chi connectivity index (χ0) is 17.2. The Labute approximate surface area is 136 Å². The van der Waals surface area contributed by atoms with Crippen molar-refractivity contribution in [1.82, 2.24) is 14.8 Å². The number of quaternary nitrogens is 1. The molecule has 1 aromatic carbocycles. The van der Waals surface area contributed by atoms with E-state index in [-0.39, 0.29) is 18.1 Å². The van der Waals surface area contributed by atoms with Gasteiger partial charge in [0.2, 0.25) is 0 Å². The van der Waals surface area contributed by atoms with Gasteiger partial charge in [0.05, 0.1) is 30.0 Å². The summed E-state index contributed by atoms with van der Waals surface area (Å²) in [6.45, 7) is 2.06. The molecule has 0 saturated carbocycles. The van der Waals surface area contributed by atoms with Crippen LogP contribution in [-0.4, -0.2) is 40.3 Å². The van der Waals surface area contributed by atoms with Gasteiger partial charge in [-0.1, -0.05) is 0 Å². The minimum atomic E-state index is -4.49. The number of hydrogen-bond donors (Lipinski definition) is 2. The van der Waals surface area contributed by atoms with Gasteiger partial charge in [-0.05, 0) is 18.2 Å². The Morgan fingerprint density at radius 1 is 1.29 bits per heavy atom. The number of amides is 1. The van der Waals surface area contributed by atoms with Crippen LogP contribution in [0.25, 0.3) is 5.69 Å². The Balaban J connectivity index is 1.86. The van der Waals surface area contributed by atoms with E-state index < -0.39 is 11.7 Å². The van der Waals surface area contributed by atoms with Gasteiger partial charge in [0.15, 0.2) is 6.54 Å². The predicted octanol–water partition coefficient (Wildman–Crippen LogP) is 0.903. The van der Waals surface area contributed by atoms with Gasteiger partial charge in [0.25, 0.3) is 5.91 Å². The summed E-state index contributed by atoms with van der Waals surface area (Å²) in [6, 6.07) is 3.16. The summed E-state index contributed by atoms with van der Waals surface area (Å²) in [4.78, 5) is 17.1. The zero-order valence-electron chi connectivity index (χ0n) is 12.8. The smallest absolute Gasteiger partial charge is 0.327 e. The van der Waals surface area contributed by atoms with Crippen LogP contribution in [0.4, 0.5) is 18.9 Å². The molecular weight excluding hydrogens is 323 g/mol. The Morgan fingerprint density at radius 3 is 2.67 bits per heavy atom. The molecule has 1 amide bonds. The van der Waals surface area contributed by atoms with Crippen LogP contribution in [0.5, 0.6) is 0 Å². The van der Waals surface area contributed by atoms with E-state index in [0.717, 1.165) is 43.0 Å². The number of likely N-dealkylation sites (tertiary alicyclic amines) is 1. The van der Waals surface area contributed by atoms with Gasteiger partial charge in [-0.25, -0.2) is 9.67 Å². The van der Waals surface area contributed by atoms with E-state index in [4.69, 9.17) is 0 Å². The van der Waals surface area contributed by atoms with Crippen LogP contribution in [0, 0.1) is 0 Å². The highest BCUT2D eigenvalue weighted by molar-refractivity contribution is 5.93. The van der Waals surface area contributed by atoms with Crippen molar-refractivity contribution in [3.05, 3.63) is 36.4 Å². The third kappa shape index (κ3) is 3.73. The molecule has 0 unspecified atom stereocenters. The second kappa shape index (κ2) is 6.60. The van der Waals surface area contributed by atoms with Gasteiger partial charge >= 0.3 is 6.18 Å². The lowest BCUT2D eigenvalue weighted by molar-refractivity contribution is -0.878. The van der Waals surface area contributed by atoms with Crippen LogP contribution < -0.4 is 10.2 Å². The summed E-state index contributed by atoms with van der Waals surface area (Å²) in [6.07, 6.45) is 0.287. The Morgan fingerprint density at radius 2 is 2.04 bits per heavy atom. The first-order valence-electron chi connectivity index (χ1n) is 7.63. The molecule has 1 aliphatic rings. The van der Waals surface area contributed by atoms with Crippen LogP contribution in [0.15, 0.2) is 30.9 Å². The van der Waals surface area contributed by atoms with E-state index in [9.17, 15) is 18.0 Å². The Kier molecular flexibility index (Phi) is 4.52. The standard InChI is InChI=1S/C15H16F3N5O/c16-15(17,18)11-3-4-13(23-10-19-9-20-23)12(7-11)21-14(24)8-22-5-1-2-6-22/h3-4,7,9-10H,1-2,5-6,8H2,(H,21,24)/p+1. The van der Waals surface area contributed by atoms with Gasteiger partial charge < -0.3 is 10.2 Å². The number of rotatable bonds is 4. The number of carbonyl (C=O) groups excluding carboxylic acids is 1. The fourth-order valence-electron chi connectivity index (χ4n) is 2.82. The summed E-state index contributed by atoms with van der Waals surface area (Å²) in [5.74, 6) is -0.312. The summed E-state index contributed by atoms with van der Waals surface area (Å²) < 4.78 is 40.2. The second-order valence-corrected chi connectivity index (χ2v) is 5.75. The van der Waals surface area contributed by atoms with E-state index in [1.165, 1.54) is 23.4 Å². The summed E-state index contributed by atoms with van der Waals surface area (Å²) in [7, 11) is 0. The number of benzene rings is 1. The molecule has 0 aliphatic carbocycles. The SMILES string of the molecule is O=C(C[NH+]1CCCC1)Nc1cc(C(F)(F)F)ccc1-n1cncn1. The highest BCUT2D eigenvalue weighted by atomic mass is 19.4. The maximum Gasteiger partial charge on any atom is 0.416 e. The van der Waals surface area contributed by atoms with Crippen LogP contribution in [0.2, 0.25) is 0 Å². The Hall–Kier alpha value is -2.42. The maximum absolute atomic E-state index is 13.0. The highest BCUT2D eigenvalue weighted by Crippen LogP contribution is 2.33. The van der Waals surface area contributed by atoms with Gasteiger partial charge in [0, 0.05) is 12.8 Å². The number of hydrogen-bond acceptors (Lipinski definition) is 3. The van der Waals surface area contributed by atoms with Crippen LogP contribution >= 0.6 is 0 Å². The van der Waals surface area contributed by atoms with E-state index in [2.05, 4.69) is 15.4 Å². The monoisotopic (exact) mass is 340 g/mol. The number of nitrogens with zero attached hydrogens (tertiary/aromatic N) is 3.